The van der Waals surface area contributed by atoms with E-state index in [1.807, 2.05) is 12.3 Å². The highest BCUT2D eigenvalue weighted by Gasteiger charge is 2.43. The number of carbonyl (C=O) groups excluding carboxylic acids is 2. The number of hydrogen-bond donors (Lipinski definition) is 0. The van der Waals surface area contributed by atoms with Gasteiger partial charge in [0.15, 0.2) is 5.12 Å². The van der Waals surface area contributed by atoms with Crippen molar-refractivity contribution in [2.24, 2.45) is 0 Å². The molecule has 0 bridgehead atoms. The van der Waals surface area contributed by atoms with Gasteiger partial charge in [0.25, 0.3) is 0 Å². The minimum Gasteiger partial charge on any atom is -0.466 e. The Morgan fingerprint density at radius 1 is 0.905 bits per heavy atom. The van der Waals surface area contributed by atoms with Gasteiger partial charge in [0, 0.05) is 26.2 Å². The fourth-order valence-electron chi connectivity index (χ4n) is 5.90. The number of benzene rings is 3. The van der Waals surface area contributed by atoms with Crippen molar-refractivity contribution in [2.75, 3.05) is 19.7 Å². The minimum atomic E-state index is -0.534. The first-order valence-corrected chi connectivity index (χ1v) is 15.4. The summed E-state index contributed by atoms with van der Waals surface area (Å²) in [6, 6.07) is 34.1. The topological polar surface area (TPSA) is 64.4 Å². The van der Waals surface area contributed by atoms with E-state index in [1.165, 1.54) is 28.5 Å². The minimum absolute atomic E-state index is 0.0412. The number of nitrogens with zero attached hydrogens (tertiary/aromatic N) is 3. The molecular weight excluding hydrogens is 542 g/mol. The Morgan fingerprint density at radius 2 is 1.48 bits per heavy atom. The molecule has 1 aliphatic heterocycles. The molecule has 1 atom stereocenters. The molecule has 2 heterocycles. The van der Waals surface area contributed by atoms with E-state index in [0.717, 1.165) is 24.2 Å². The van der Waals surface area contributed by atoms with E-state index in [0.29, 0.717) is 19.7 Å². The second-order valence-corrected chi connectivity index (χ2v) is 11.6. The van der Waals surface area contributed by atoms with Crippen LogP contribution < -0.4 is 0 Å². The molecule has 0 N–H and O–H groups in total. The fourth-order valence-corrected chi connectivity index (χ4v) is 6.81. The van der Waals surface area contributed by atoms with Crippen LogP contribution in [0.1, 0.15) is 54.3 Å². The third-order valence-corrected chi connectivity index (χ3v) is 8.74. The molecule has 4 aromatic rings. The normalized spacial score (nSPS) is 14.7. The van der Waals surface area contributed by atoms with Crippen molar-refractivity contribution in [1.82, 2.24) is 14.7 Å². The number of thioether (sulfide) groups is 1. The number of aromatic nitrogens is 2. The SMILES string of the molecule is CCOC(=O)CCn1ccc(C(SC(C)=O)C2=CCCN(C(c3ccccc3)(c3ccccc3)c3ccccc3)C2)n1. The molecule has 1 unspecified atom stereocenters. The van der Waals surface area contributed by atoms with Crippen molar-refractivity contribution in [1.29, 1.82) is 0 Å². The Labute approximate surface area is 252 Å². The molecule has 0 saturated heterocycles. The number of carbonyl (C=O) groups is 2. The molecule has 7 heteroatoms. The van der Waals surface area contributed by atoms with Gasteiger partial charge in [-0.15, -0.1) is 0 Å². The highest BCUT2D eigenvalue weighted by atomic mass is 32.2. The summed E-state index contributed by atoms with van der Waals surface area (Å²) in [6.45, 7) is 5.73. The van der Waals surface area contributed by atoms with Crippen LogP contribution in [0.4, 0.5) is 0 Å². The molecule has 0 radical (unpaired) electrons. The summed E-state index contributed by atoms with van der Waals surface area (Å²) >= 11 is 1.30. The van der Waals surface area contributed by atoms with Gasteiger partial charge < -0.3 is 4.74 Å². The molecule has 1 aromatic heterocycles. The molecule has 0 aliphatic carbocycles. The Balaban J connectivity index is 1.54. The van der Waals surface area contributed by atoms with Crippen LogP contribution in [0.2, 0.25) is 0 Å². The van der Waals surface area contributed by atoms with Gasteiger partial charge in [0.2, 0.25) is 0 Å². The zero-order chi connectivity index (χ0) is 29.4. The quantitative estimate of drug-likeness (QED) is 0.111. The fraction of sp³-hybridized carbons (Fsp3) is 0.286. The predicted octanol–water partition coefficient (Wildman–Crippen LogP) is 6.78. The van der Waals surface area contributed by atoms with Crippen molar-refractivity contribution in [3.05, 3.63) is 137 Å². The van der Waals surface area contributed by atoms with E-state index < -0.39 is 5.54 Å². The van der Waals surface area contributed by atoms with Gasteiger partial charge in [-0.1, -0.05) is 109 Å². The first-order valence-electron chi connectivity index (χ1n) is 14.5. The lowest BCUT2D eigenvalue weighted by Crippen LogP contribution is -2.50. The molecule has 0 amide bonds. The highest BCUT2D eigenvalue weighted by Crippen LogP contribution is 2.46. The average Bonchev–Trinajstić information content (AvgIpc) is 3.50. The summed E-state index contributed by atoms with van der Waals surface area (Å²) in [5.74, 6) is -0.242. The Kier molecular flexibility index (Phi) is 9.72. The number of hydrogen-bond acceptors (Lipinski definition) is 6. The molecule has 6 nitrogen and oxygen atoms in total. The molecule has 42 heavy (non-hydrogen) atoms. The van der Waals surface area contributed by atoms with E-state index in [4.69, 9.17) is 9.84 Å². The summed E-state index contributed by atoms with van der Waals surface area (Å²) in [6.07, 6.45) is 5.26. The first kappa shape index (κ1) is 29.5. The lowest BCUT2D eigenvalue weighted by atomic mass is 9.74. The van der Waals surface area contributed by atoms with Crippen molar-refractivity contribution in [3.63, 3.8) is 0 Å². The third-order valence-electron chi connectivity index (χ3n) is 7.63. The standard InChI is InChI=1S/C35H37N3O3S/c1-3-41-33(40)22-25-38-24-21-32(36-38)34(42-27(2)39)28-14-13-23-37(26-28)35(29-15-7-4-8-16-29,30-17-9-5-10-18-30)31-19-11-6-12-20-31/h4-12,14-21,24,34H,3,13,22-23,25-26H2,1-2H3. The molecule has 3 aromatic carbocycles. The Morgan fingerprint density at radius 3 is 2.00 bits per heavy atom. The van der Waals surface area contributed by atoms with Crippen LogP contribution in [0.5, 0.6) is 0 Å². The maximum atomic E-state index is 12.5. The molecule has 0 spiro atoms. The summed E-state index contributed by atoms with van der Waals surface area (Å²) < 4.78 is 6.84. The number of rotatable bonds is 11. The monoisotopic (exact) mass is 579 g/mol. The van der Waals surface area contributed by atoms with Gasteiger partial charge >= 0.3 is 5.97 Å². The zero-order valence-corrected chi connectivity index (χ0v) is 25.0. The van der Waals surface area contributed by atoms with Crippen LogP contribution in [-0.2, 0) is 26.4 Å². The zero-order valence-electron chi connectivity index (χ0n) is 24.2. The summed E-state index contributed by atoms with van der Waals surface area (Å²) in [7, 11) is 0. The van der Waals surface area contributed by atoms with Crippen molar-refractivity contribution in [3.8, 4) is 0 Å². The van der Waals surface area contributed by atoms with Crippen molar-refractivity contribution < 1.29 is 14.3 Å². The second-order valence-electron chi connectivity index (χ2n) is 10.3. The van der Waals surface area contributed by atoms with Crippen LogP contribution in [-0.4, -0.2) is 45.5 Å². The molecule has 0 fully saturated rings. The van der Waals surface area contributed by atoms with Crippen LogP contribution in [0.25, 0.3) is 0 Å². The van der Waals surface area contributed by atoms with Crippen LogP contribution in [0, 0.1) is 0 Å². The second kappa shape index (κ2) is 13.8. The van der Waals surface area contributed by atoms with E-state index in [-0.39, 0.29) is 22.8 Å². The summed E-state index contributed by atoms with van der Waals surface area (Å²) in [5, 5.41) is 4.62. The number of esters is 1. The van der Waals surface area contributed by atoms with E-state index >= 15 is 0 Å². The van der Waals surface area contributed by atoms with Gasteiger partial charge in [-0.2, -0.15) is 5.10 Å². The van der Waals surface area contributed by atoms with Gasteiger partial charge in [-0.05, 0) is 41.7 Å². The van der Waals surface area contributed by atoms with E-state index in [9.17, 15) is 9.59 Å². The van der Waals surface area contributed by atoms with Crippen molar-refractivity contribution >= 4 is 22.8 Å². The highest BCUT2D eigenvalue weighted by molar-refractivity contribution is 8.13. The largest absolute Gasteiger partial charge is 0.466 e. The summed E-state index contributed by atoms with van der Waals surface area (Å²) in [5.41, 5.74) is 5.03. The predicted molar refractivity (Wildman–Crippen MR) is 168 cm³/mol. The average molecular weight is 580 g/mol. The van der Waals surface area contributed by atoms with E-state index in [2.05, 4.69) is 102 Å². The smallest absolute Gasteiger partial charge is 0.307 e. The molecule has 0 saturated carbocycles. The number of ether oxygens (including phenoxy) is 1. The summed E-state index contributed by atoms with van der Waals surface area (Å²) in [4.78, 5) is 27.0. The lowest BCUT2D eigenvalue weighted by Gasteiger charge is -2.47. The third kappa shape index (κ3) is 6.42. The van der Waals surface area contributed by atoms with Gasteiger partial charge in [-0.3, -0.25) is 19.2 Å². The van der Waals surface area contributed by atoms with Crippen LogP contribution in [0.3, 0.4) is 0 Å². The van der Waals surface area contributed by atoms with Gasteiger partial charge in [0.1, 0.15) is 0 Å². The molecule has 1 aliphatic rings. The van der Waals surface area contributed by atoms with E-state index in [1.54, 1.807) is 18.5 Å². The number of aryl methyl sites for hydroxylation is 1. The molecule has 216 valence electrons. The van der Waals surface area contributed by atoms with Crippen LogP contribution >= 0.6 is 11.8 Å². The maximum Gasteiger partial charge on any atom is 0.307 e. The van der Waals surface area contributed by atoms with Gasteiger partial charge in [0.05, 0.1) is 36.1 Å². The van der Waals surface area contributed by atoms with Crippen LogP contribution in [0.15, 0.2) is 115 Å². The Bertz CT molecular complexity index is 1410. The maximum absolute atomic E-state index is 12.5. The van der Waals surface area contributed by atoms with Gasteiger partial charge in [-0.25, -0.2) is 0 Å². The molecule has 5 rings (SSSR count). The Hall–Kier alpha value is -3.94. The first-order chi connectivity index (χ1) is 20.5. The molecular formula is C35H37N3O3S. The van der Waals surface area contributed by atoms with Crippen molar-refractivity contribution in [2.45, 2.75) is 44.0 Å². The lowest BCUT2D eigenvalue weighted by molar-refractivity contribution is -0.143.